The number of sulfonamides is 2. The van der Waals surface area contributed by atoms with E-state index in [1.54, 1.807) is 11.4 Å². The zero-order valence-electron chi connectivity index (χ0n) is 17.1. The van der Waals surface area contributed by atoms with Crippen LogP contribution >= 0.6 is 11.3 Å². The van der Waals surface area contributed by atoms with Gasteiger partial charge in [-0.1, -0.05) is 25.3 Å². The smallest absolute Gasteiger partial charge is 0.305 e. The van der Waals surface area contributed by atoms with Gasteiger partial charge in [0, 0.05) is 19.1 Å². The fourth-order valence-corrected chi connectivity index (χ4v) is 8.00. The summed E-state index contributed by atoms with van der Waals surface area (Å²) in [7, 11) is -7.99. The van der Waals surface area contributed by atoms with Gasteiger partial charge in [0.1, 0.15) is 4.21 Å². The molecule has 31 heavy (non-hydrogen) atoms. The van der Waals surface area contributed by atoms with E-state index in [-0.39, 0.29) is 29.6 Å². The third-order valence-corrected chi connectivity index (χ3v) is 10.2. The van der Waals surface area contributed by atoms with E-state index in [2.05, 4.69) is 5.32 Å². The highest BCUT2D eigenvalue weighted by atomic mass is 32.2. The summed E-state index contributed by atoms with van der Waals surface area (Å²) >= 11 is 0.977. The Morgan fingerprint density at radius 2 is 1.81 bits per heavy atom. The molecule has 2 atom stereocenters. The lowest BCUT2D eigenvalue weighted by atomic mass is 9.82. The number of nitrogens with zero attached hydrogens (tertiary/aromatic N) is 2. The van der Waals surface area contributed by atoms with Crippen LogP contribution in [0.25, 0.3) is 0 Å². The summed E-state index contributed by atoms with van der Waals surface area (Å²) in [5, 5.41) is 13.6. The Morgan fingerprint density at radius 1 is 1.16 bits per heavy atom. The number of amides is 1. The van der Waals surface area contributed by atoms with Crippen molar-refractivity contribution in [3.8, 4) is 0 Å². The topological polar surface area (TPSA) is 141 Å². The Labute approximate surface area is 186 Å². The van der Waals surface area contributed by atoms with Gasteiger partial charge < -0.3 is 10.4 Å². The van der Waals surface area contributed by atoms with Gasteiger partial charge >= 0.3 is 5.97 Å². The second-order valence-corrected chi connectivity index (χ2v) is 12.9. The summed E-state index contributed by atoms with van der Waals surface area (Å²) in [5.74, 6) is -1.95. The van der Waals surface area contributed by atoms with Crippen LogP contribution in [0.3, 0.4) is 0 Å². The van der Waals surface area contributed by atoms with Gasteiger partial charge in [0.25, 0.3) is 15.9 Å². The van der Waals surface area contributed by atoms with E-state index in [0.717, 1.165) is 58.3 Å². The molecule has 2 fully saturated rings. The molecule has 0 spiro atoms. The zero-order chi connectivity index (χ0) is 22.8. The van der Waals surface area contributed by atoms with E-state index in [1.807, 2.05) is 0 Å². The van der Waals surface area contributed by atoms with E-state index in [1.165, 1.54) is 6.07 Å². The lowest BCUT2D eigenvalue weighted by molar-refractivity contribution is -0.138. The highest BCUT2D eigenvalue weighted by molar-refractivity contribution is 7.91. The zero-order valence-corrected chi connectivity index (χ0v) is 19.6. The predicted molar refractivity (Wildman–Crippen MR) is 114 cm³/mol. The molecule has 1 aromatic rings. The fourth-order valence-electron chi connectivity index (χ4n) is 4.29. The van der Waals surface area contributed by atoms with Crippen molar-refractivity contribution in [1.29, 1.82) is 0 Å². The molecule has 13 heteroatoms. The van der Waals surface area contributed by atoms with Crippen molar-refractivity contribution in [2.75, 3.05) is 19.3 Å². The molecular formula is C18H27N3O7S3. The van der Waals surface area contributed by atoms with Crippen molar-refractivity contribution in [3.63, 3.8) is 0 Å². The number of rotatable bonds is 8. The van der Waals surface area contributed by atoms with Crippen LogP contribution in [0.2, 0.25) is 0 Å². The molecule has 1 saturated carbocycles. The molecule has 0 aromatic carbocycles. The molecule has 2 aliphatic rings. The van der Waals surface area contributed by atoms with Gasteiger partial charge in [-0.2, -0.15) is 8.61 Å². The number of carbonyl (C=O) groups excluding carboxylic acids is 1. The average molecular weight is 494 g/mol. The number of thiophene rings is 1. The standard InChI is InChI=1S/C18H27N3O7S3/c1-30(25,26)20-9-10-21(31(27,28)16-8-5-11-29-16)18(20)17(24)19-14(12-15(22)23)13-6-3-2-4-7-13/h5,8,11,13-14,18H,2-4,6-7,9-10,12H2,1H3,(H,19,24)(H,22,23). The minimum Gasteiger partial charge on any atom is -0.481 e. The van der Waals surface area contributed by atoms with Gasteiger partial charge in [0.2, 0.25) is 10.0 Å². The maximum Gasteiger partial charge on any atom is 0.305 e. The van der Waals surface area contributed by atoms with Gasteiger partial charge in [0.15, 0.2) is 6.17 Å². The van der Waals surface area contributed by atoms with Crippen LogP contribution in [0, 0.1) is 5.92 Å². The molecular weight excluding hydrogens is 466 g/mol. The molecule has 2 N–H and O–H groups in total. The van der Waals surface area contributed by atoms with Crippen molar-refractivity contribution in [1.82, 2.24) is 13.9 Å². The third-order valence-electron chi connectivity index (χ3n) is 5.75. The van der Waals surface area contributed by atoms with Crippen LogP contribution in [0.15, 0.2) is 21.7 Å². The van der Waals surface area contributed by atoms with Crippen LogP contribution in [-0.2, 0) is 29.6 Å². The third kappa shape index (κ3) is 5.45. The van der Waals surface area contributed by atoms with E-state index in [9.17, 15) is 31.5 Å². The first-order chi connectivity index (χ1) is 14.5. The Kier molecular flexibility index (Phi) is 7.41. The van der Waals surface area contributed by atoms with Crippen molar-refractivity contribution in [3.05, 3.63) is 17.5 Å². The number of carboxylic acids is 1. The maximum absolute atomic E-state index is 13.3. The van der Waals surface area contributed by atoms with Gasteiger partial charge in [0.05, 0.1) is 12.7 Å². The van der Waals surface area contributed by atoms with Gasteiger partial charge in [-0.15, -0.1) is 11.3 Å². The van der Waals surface area contributed by atoms with Gasteiger partial charge in [-0.3, -0.25) is 9.59 Å². The summed E-state index contributed by atoms with van der Waals surface area (Å²) in [5.41, 5.74) is 0. The van der Waals surface area contributed by atoms with Crippen molar-refractivity contribution in [2.24, 2.45) is 5.92 Å². The number of carboxylic acid groups (broad SMARTS) is 1. The lowest BCUT2D eigenvalue weighted by Crippen LogP contribution is -2.56. The van der Waals surface area contributed by atoms with Crippen LogP contribution in [0.4, 0.5) is 0 Å². The SMILES string of the molecule is CS(=O)(=O)N1CCN(S(=O)(=O)c2cccs2)C1C(=O)NC(CC(=O)O)C1CCCCC1. The normalized spacial score (nSPS) is 22.9. The van der Waals surface area contributed by atoms with E-state index in [0.29, 0.717) is 0 Å². The first-order valence-corrected chi connectivity index (χ1v) is 14.2. The largest absolute Gasteiger partial charge is 0.481 e. The molecule has 1 aliphatic carbocycles. The highest BCUT2D eigenvalue weighted by Gasteiger charge is 2.49. The van der Waals surface area contributed by atoms with Crippen LogP contribution in [0.1, 0.15) is 38.5 Å². The highest BCUT2D eigenvalue weighted by Crippen LogP contribution is 2.31. The molecule has 10 nitrogen and oxygen atoms in total. The minimum atomic E-state index is -4.10. The van der Waals surface area contributed by atoms with Gasteiger partial charge in [-0.25, -0.2) is 16.8 Å². The first kappa shape index (κ1) is 24.1. The number of nitrogens with one attached hydrogen (secondary N) is 1. The summed E-state index contributed by atoms with van der Waals surface area (Å²) in [6.07, 6.45) is 3.43. The molecule has 174 valence electrons. The summed E-state index contributed by atoms with van der Waals surface area (Å²) < 4.78 is 52.5. The lowest BCUT2D eigenvalue weighted by Gasteiger charge is -2.33. The first-order valence-electron chi connectivity index (χ1n) is 10.1. The van der Waals surface area contributed by atoms with Crippen molar-refractivity contribution < 1.29 is 31.5 Å². The molecule has 3 rings (SSSR count). The molecule has 2 heterocycles. The molecule has 2 unspecified atom stereocenters. The summed E-state index contributed by atoms with van der Waals surface area (Å²) in [4.78, 5) is 24.6. The molecule has 1 amide bonds. The van der Waals surface area contributed by atoms with Gasteiger partial charge in [-0.05, 0) is 30.2 Å². The second kappa shape index (κ2) is 9.53. The van der Waals surface area contributed by atoms with E-state index < -0.39 is 44.1 Å². The molecule has 1 saturated heterocycles. The second-order valence-electron chi connectivity index (χ2n) is 7.91. The molecule has 1 aromatic heterocycles. The Balaban J connectivity index is 1.91. The predicted octanol–water partition coefficient (Wildman–Crippen LogP) is 0.880. The molecule has 0 radical (unpaired) electrons. The molecule has 0 bridgehead atoms. The number of aliphatic carboxylic acids is 1. The Hall–Kier alpha value is -1.54. The van der Waals surface area contributed by atoms with Crippen LogP contribution < -0.4 is 5.32 Å². The van der Waals surface area contributed by atoms with Crippen LogP contribution in [0.5, 0.6) is 0 Å². The van der Waals surface area contributed by atoms with E-state index >= 15 is 0 Å². The number of carbonyl (C=O) groups is 2. The number of hydrogen-bond acceptors (Lipinski definition) is 7. The van der Waals surface area contributed by atoms with Crippen LogP contribution in [-0.4, -0.2) is 74.0 Å². The molecule has 1 aliphatic heterocycles. The Bertz CT molecular complexity index is 1000. The summed E-state index contributed by atoms with van der Waals surface area (Å²) in [6, 6.07) is 2.26. The summed E-state index contributed by atoms with van der Waals surface area (Å²) in [6.45, 7) is -0.326. The maximum atomic E-state index is 13.3. The fraction of sp³-hybridized carbons (Fsp3) is 0.667. The average Bonchev–Trinajstić information content (AvgIpc) is 3.38. The van der Waals surface area contributed by atoms with Crippen molar-refractivity contribution >= 4 is 43.3 Å². The Morgan fingerprint density at radius 3 is 2.35 bits per heavy atom. The van der Waals surface area contributed by atoms with E-state index in [4.69, 9.17) is 0 Å². The van der Waals surface area contributed by atoms with Crippen molar-refractivity contribution in [2.45, 2.75) is 54.9 Å². The number of hydrogen-bond donors (Lipinski definition) is 2. The quantitative estimate of drug-likeness (QED) is 0.547. The monoisotopic (exact) mass is 493 g/mol. The minimum absolute atomic E-state index is 0.00928.